The van der Waals surface area contributed by atoms with Gasteiger partial charge in [0.2, 0.25) is 6.10 Å². The largest absolute Gasteiger partial charge is 0.480 e. The van der Waals surface area contributed by atoms with Gasteiger partial charge in [0.25, 0.3) is 0 Å². The fourth-order valence-corrected chi connectivity index (χ4v) is 1.42. The second-order valence-corrected chi connectivity index (χ2v) is 4.25. The van der Waals surface area contributed by atoms with Gasteiger partial charge >= 0.3 is 18.3 Å². The molecular weight excluding hydrogens is 296 g/mol. The van der Waals surface area contributed by atoms with Crippen molar-refractivity contribution in [3.63, 3.8) is 0 Å². The van der Waals surface area contributed by atoms with E-state index in [4.69, 9.17) is 5.11 Å². The maximum absolute atomic E-state index is 12.2. The minimum absolute atomic E-state index is 0.185. The Morgan fingerprint density at radius 1 is 1.20 bits per heavy atom. The Morgan fingerprint density at radius 3 is 1.95 bits per heavy atom. The topological polar surface area (TPSA) is 58.6 Å². The van der Waals surface area contributed by atoms with Crippen molar-refractivity contribution in [1.82, 2.24) is 5.32 Å². The molecule has 0 aromatic heterocycles. The van der Waals surface area contributed by atoms with E-state index in [-0.39, 0.29) is 6.54 Å². The summed E-state index contributed by atoms with van der Waals surface area (Å²) in [6.07, 6.45) is -15.7. The van der Waals surface area contributed by atoms with Gasteiger partial charge < -0.3 is 15.2 Å². The van der Waals surface area contributed by atoms with Crippen molar-refractivity contribution in [2.45, 2.75) is 44.3 Å². The van der Waals surface area contributed by atoms with E-state index in [2.05, 4.69) is 10.1 Å². The molecule has 120 valence electrons. The number of carbonyl (C=O) groups is 1. The number of alkyl halides is 6. The monoisotopic (exact) mass is 311 g/mol. The number of hydrogen-bond acceptors (Lipinski definition) is 3. The predicted molar refractivity (Wildman–Crippen MR) is 56.2 cm³/mol. The average molecular weight is 311 g/mol. The Morgan fingerprint density at radius 2 is 1.65 bits per heavy atom. The van der Waals surface area contributed by atoms with E-state index in [1.807, 2.05) is 0 Å². The van der Waals surface area contributed by atoms with Crippen molar-refractivity contribution in [2.75, 3.05) is 13.2 Å². The van der Waals surface area contributed by atoms with Crippen LogP contribution in [0, 0.1) is 0 Å². The second kappa shape index (κ2) is 6.61. The number of rotatable bonds is 7. The smallest absolute Gasteiger partial charge is 0.423 e. The Kier molecular flexibility index (Phi) is 6.27. The molecule has 0 saturated heterocycles. The molecule has 0 fully saturated rings. The first kappa shape index (κ1) is 19.0. The van der Waals surface area contributed by atoms with Crippen LogP contribution in [0.2, 0.25) is 0 Å². The third-order valence-electron chi connectivity index (χ3n) is 2.52. The van der Waals surface area contributed by atoms with Crippen LogP contribution in [0.3, 0.4) is 0 Å². The van der Waals surface area contributed by atoms with Crippen molar-refractivity contribution >= 4 is 5.97 Å². The van der Waals surface area contributed by atoms with Crippen LogP contribution >= 0.6 is 0 Å². The number of ether oxygens (including phenoxy) is 1. The molecule has 0 heterocycles. The van der Waals surface area contributed by atoms with Crippen LogP contribution in [-0.2, 0) is 9.53 Å². The number of nitrogens with one attached hydrogen (secondary N) is 1. The van der Waals surface area contributed by atoms with Crippen LogP contribution in [-0.4, -0.2) is 48.2 Å². The molecule has 20 heavy (non-hydrogen) atoms. The van der Waals surface area contributed by atoms with Crippen molar-refractivity contribution in [3.05, 3.63) is 0 Å². The summed E-state index contributed by atoms with van der Waals surface area (Å²) in [7, 11) is 0. The second-order valence-electron chi connectivity index (χ2n) is 4.25. The van der Waals surface area contributed by atoms with Gasteiger partial charge in [0.1, 0.15) is 5.54 Å². The lowest BCUT2D eigenvalue weighted by Gasteiger charge is -2.28. The molecule has 4 nitrogen and oxygen atoms in total. The highest BCUT2D eigenvalue weighted by molar-refractivity contribution is 5.78. The Hall–Kier alpha value is -1.03. The van der Waals surface area contributed by atoms with Gasteiger partial charge in [0.05, 0.1) is 6.61 Å². The molecule has 0 aliphatic heterocycles. The number of hydrogen-bond donors (Lipinski definition) is 2. The number of carboxylic acid groups (broad SMARTS) is 1. The van der Waals surface area contributed by atoms with E-state index < -0.39 is 43.0 Å². The fraction of sp³-hybridized carbons (Fsp3) is 0.900. The Balaban J connectivity index is 4.70. The van der Waals surface area contributed by atoms with Gasteiger partial charge in [-0.2, -0.15) is 26.3 Å². The summed E-state index contributed by atoms with van der Waals surface area (Å²) < 4.78 is 76.8. The lowest BCUT2D eigenvalue weighted by atomic mass is 9.98. The van der Waals surface area contributed by atoms with Crippen molar-refractivity contribution < 1.29 is 41.0 Å². The van der Waals surface area contributed by atoms with Crippen LogP contribution in [0.5, 0.6) is 0 Å². The summed E-state index contributed by atoms with van der Waals surface area (Å²) in [5.41, 5.74) is -1.66. The third-order valence-corrected chi connectivity index (χ3v) is 2.52. The summed E-state index contributed by atoms with van der Waals surface area (Å²) in [4.78, 5) is 10.9. The zero-order chi connectivity index (χ0) is 16.2. The van der Waals surface area contributed by atoms with Gasteiger partial charge in [-0.25, -0.2) is 0 Å². The molecular formula is C10H15F6NO3. The lowest BCUT2D eigenvalue weighted by Crippen LogP contribution is -2.51. The summed E-state index contributed by atoms with van der Waals surface area (Å²) in [6.45, 7) is 1.89. The maximum atomic E-state index is 12.2. The molecule has 0 rings (SSSR count). The molecule has 0 aliphatic carbocycles. The van der Waals surface area contributed by atoms with E-state index in [0.717, 1.165) is 6.92 Å². The number of likely N-dealkylation sites (N-methyl/N-ethyl adjacent to an activating group) is 1. The molecule has 0 amide bonds. The molecule has 0 aromatic carbocycles. The lowest BCUT2D eigenvalue weighted by molar-refractivity contribution is -0.322. The van der Waals surface area contributed by atoms with Crippen LogP contribution in [0.15, 0.2) is 0 Å². The van der Waals surface area contributed by atoms with Gasteiger partial charge in [-0.05, 0) is 19.9 Å². The van der Waals surface area contributed by atoms with Gasteiger partial charge in [-0.1, -0.05) is 6.92 Å². The highest BCUT2D eigenvalue weighted by Gasteiger charge is 2.58. The highest BCUT2D eigenvalue weighted by Crippen LogP contribution is 2.35. The predicted octanol–water partition coefficient (Wildman–Crippen LogP) is 2.34. The van der Waals surface area contributed by atoms with Gasteiger partial charge in [0, 0.05) is 0 Å². The SMILES string of the molecule is CCNC(C)(CCOC(C(F)(F)F)C(F)(F)F)C(=O)O. The first-order valence-electron chi connectivity index (χ1n) is 5.58. The summed E-state index contributed by atoms with van der Waals surface area (Å²) >= 11 is 0. The molecule has 0 bridgehead atoms. The van der Waals surface area contributed by atoms with E-state index in [1.54, 1.807) is 6.92 Å². The quantitative estimate of drug-likeness (QED) is 0.709. The zero-order valence-electron chi connectivity index (χ0n) is 10.7. The summed E-state index contributed by atoms with van der Waals surface area (Å²) in [5.74, 6) is -1.39. The first-order valence-corrected chi connectivity index (χ1v) is 5.58. The van der Waals surface area contributed by atoms with Gasteiger partial charge in [-0.3, -0.25) is 4.79 Å². The minimum atomic E-state index is -5.60. The standard InChI is InChI=1S/C10H15F6NO3/c1-3-17-8(2,7(18)19)4-5-20-6(9(11,12)13)10(14,15)16/h6,17H,3-5H2,1-2H3,(H,18,19). The maximum Gasteiger partial charge on any atom is 0.423 e. The first-order chi connectivity index (χ1) is 8.84. The minimum Gasteiger partial charge on any atom is -0.480 e. The molecule has 1 unspecified atom stereocenters. The van der Waals surface area contributed by atoms with Gasteiger partial charge in [0.15, 0.2) is 0 Å². The van der Waals surface area contributed by atoms with Crippen LogP contribution in [0.25, 0.3) is 0 Å². The van der Waals surface area contributed by atoms with Crippen LogP contribution in [0.1, 0.15) is 20.3 Å². The van der Waals surface area contributed by atoms with E-state index in [9.17, 15) is 31.1 Å². The zero-order valence-corrected chi connectivity index (χ0v) is 10.7. The average Bonchev–Trinajstić information content (AvgIpc) is 2.20. The van der Waals surface area contributed by atoms with E-state index in [1.165, 1.54) is 0 Å². The normalized spacial score (nSPS) is 16.2. The number of aliphatic carboxylic acids is 1. The summed E-state index contributed by atoms with van der Waals surface area (Å²) in [6, 6.07) is 0. The summed E-state index contributed by atoms with van der Waals surface area (Å²) in [5, 5.41) is 11.4. The molecule has 10 heteroatoms. The van der Waals surface area contributed by atoms with E-state index in [0.29, 0.717) is 0 Å². The Labute approximate surface area is 111 Å². The molecule has 0 radical (unpaired) electrons. The third kappa shape index (κ3) is 5.53. The van der Waals surface area contributed by atoms with Crippen LogP contribution in [0.4, 0.5) is 26.3 Å². The van der Waals surface area contributed by atoms with E-state index >= 15 is 0 Å². The number of carboxylic acids is 1. The highest BCUT2D eigenvalue weighted by atomic mass is 19.4. The molecule has 2 N–H and O–H groups in total. The Bertz CT molecular complexity index is 316. The van der Waals surface area contributed by atoms with Crippen LogP contribution < -0.4 is 5.32 Å². The van der Waals surface area contributed by atoms with Crippen molar-refractivity contribution in [3.8, 4) is 0 Å². The molecule has 0 saturated carbocycles. The van der Waals surface area contributed by atoms with Crippen molar-refractivity contribution in [2.24, 2.45) is 0 Å². The molecule has 0 spiro atoms. The molecule has 1 atom stereocenters. The molecule has 0 aliphatic rings. The molecule has 0 aromatic rings. The van der Waals surface area contributed by atoms with Gasteiger partial charge in [-0.15, -0.1) is 0 Å². The van der Waals surface area contributed by atoms with Crippen molar-refractivity contribution in [1.29, 1.82) is 0 Å². The number of halogens is 6. The fourth-order valence-electron chi connectivity index (χ4n) is 1.42.